The molecule has 1 aromatic rings. The van der Waals surface area contributed by atoms with Gasteiger partial charge >= 0.3 is 0 Å². The van der Waals surface area contributed by atoms with Crippen molar-refractivity contribution in [3.63, 3.8) is 0 Å². The van der Waals surface area contributed by atoms with Crippen LogP contribution in [0, 0.1) is 0 Å². The lowest BCUT2D eigenvalue weighted by molar-refractivity contribution is 0.642. The number of hydrogen-bond donors (Lipinski definition) is 1. The Bertz CT molecular complexity index is 392. The first-order valence-corrected chi connectivity index (χ1v) is 9.52. The number of nitrogens with one attached hydrogen (secondary N) is 1. The zero-order valence-electron chi connectivity index (χ0n) is 13.1. The molecule has 3 rings (SSSR count). The van der Waals surface area contributed by atoms with E-state index in [-0.39, 0.29) is 0 Å². The van der Waals surface area contributed by atoms with E-state index >= 15 is 0 Å². The van der Waals surface area contributed by atoms with Crippen LogP contribution in [0.25, 0.3) is 0 Å². The first kappa shape index (κ1) is 17.9. The molecule has 4 heteroatoms. The second-order valence-electron chi connectivity index (χ2n) is 4.30. The summed E-state index contributed by atoms with van der Waals surface area (Å²) in [6.45, 7) is 11.5. The van der Waals surface area contributed by atoms with Gasteiger partial charge in [-0.15, -0.1) is 11.8 Å². The molecule has 0 aliphatic carbocycles. The van der Waals surface area contributed by atoms with Gasteiger partial charge in [0.05, 0.1) is 5.69 Å². The molecule has 114 valence electrons. The Morgan fingerprint density at radius 2 is 2.00 bits per heavy atom. The Hall–Kier alpha value is -0.190. The summed E-state index contributed by atoms with van der Waals surface area (Å²) in [7, 11) is 0. The van der Waals surface area contributed by atoms with E-state index in [9.17, 15) is 0 Å². The molecule has 1 aromatic carbocycles. The number of anilines is 1. The highest BCUT2D eigenvalue weighted by molar-refractivity contribution is 9.10. The number of nitrogens with zero attached hydrogens (tertiary/aromatic N) is 1. The van der Waals surface area contributed by atoms with Crippen molar-refractivity contribution >= 4 is 33.4 Å². The van der Waals surface area contributed by atoms with Gasteiger partial charge < -0.3 is 10.2 Å². The summed E-state index contributed by atoms with van der Waals surface area (Å²) < 4.78 is 1.19. The second-order valence-corrected chi connectivity index (χ2v) is 6.35. The average molecular weight is 359 g/mol. The predicted molar refractivity (Wildman–Crippen MR) is 96.2 cm³/mol. The fourth-order valence-electron chi connectivity index (χ4n) is 2.50. The van der Waals surface area contributed by atoms with Gasteiger partial charge in [-0.1, -0.05) is 43.6 Å². The van der Waals surface area contributed by atoms with Crippen molar-refractivity contribution in [2.24, 2.45) is 0 Å². The van der Waals surface area contributed by atoms with Crippen LogP contribution in [-0.2, 0) is 0 Å². The third kappa shape index (κ3) is 4.40. The summed E-state index contributed by atoms with van der Waals surface area (Å²) in [5.41, 5.74) is 1.42. The minimum Gasteiger partial charge on any atom is -0.365 e. The van der Waals surface area contributed by atoms with Crippen molar-refractivity contribution in [2.75, 3.05) is 30.3 Å². The van der Waals surface area contributed by atoms with Crippen molar-refractivity contribution in [3.8, 4) is 0 Å². The van der Waals surface area contributed by atoms with Gasteiger partial charge in [-0.05, 0) is 31.2 Å². The third-order valence-electron chi connectivity index (χ3n) is 3.30. The lowest BCUT2D eigenvalue weighted by Gasteiger charge is -2.35. The van der Waals surface area contributed by atoms with Crippen LogP contribution < -0.4 is 10.2 Å². The molecular formula is C16H27BrN2S. The Kier molecular flexibility index (Phi) is 8.66. The van der Waals surface area contributed by atoms with Crippen LogP contribution in [0.15, 0.2) is 27.6 Å². The molecule has 0 bridgehead atoms. The summed E-state index contributed by atoms with van der Waals surface area (Å²) in [6, 6.07) is 7.35. The van der Waals surface area contributed by atoms with Gasteiger partial charge in [0.25, 0.3) is 0 Å². The summed E-state index contributed by atoms with van der Waals surface area (Å²) in [5.74, 6) is 1.21. The minimum absolute atomic E-state index is 0.695. The Morgan fingerprint density at radius 3 is 2.65 bits per heavy atom. The molecule has 0 amide bonds. The van der Waals surface area contributed by atoms with E-state index in [1.165, 1.54) is 40.3 Å². The molecule has 1 fully saturated rings. The van der Waals surface area contributed by atoms with Crippen LogP contribution in [0.5, 0.6) is 0 Å². The smallest absolute Gasteiger partial charge is 0.0508 e. The summed E-state index contributed by atoms with van der Waals surface area (Å²) in [4.78, 5) is 4.01. The highest BCUT2D eigenvalue weighted by Crippen LogP contribution is 2.38. The Labute approximate surface area is 136 Å². The molecule has 2 nitrogen and oxygen atoms in total. The quantitative estimate of drug-likeness (QED) is 0.777. The highest BCUT2D eigenvalue weighted by Gasteiger charge is 2.26. The van der Waals surface area contributed by atoms with Crippen molar-refractivity contribution in [1.29, 1.82) is 0 Å². The first-order chi connectivity index (χ1) is 9.84. The highest BCUT2D eigenvalue weighted by atomic mass is 79.9. The van der Waals surface area contributed by atoms with E-state index in [0.717, 1.165) is 6.54 Å². The van der Waals surface area contributed by atoms with Crippen LogP contribution >= 0.6 is 27.7 Å². The predicted octanol–water partition coefficient (Wildman–Crippen LogP) is 4.78. The molecule has 1 atom stereocenters. The molecule has 1 N–H and O–H groups in total. The molecule has 20 heavy (non-hydrogen) atoms. The van der Waals surface area contributed by atoms with Crippen molar-refractivity contribution in [3.05, 3.63) is 22.7 Å². The summed E-state index contributed by atoms with van der Waals surface area (Å²) in [5, 5.41) is 3.45. The van der Waals surface area contributed by atoms with E-state index < -0.39 is 0 Å². The van der Waals surface area contributed by atoms with E-state index in [2.05, 4.69) is 44.3 Å². The Balaban J connectivity index is 0.000000461. The van der Waals surface area contributed by atoms with E-state index in [1.807, 2.05) is 39.5 Å². The van der Waals surface area contributed by atoms with Crippen LogP contribution in [0.1, 0.15) is 34.1 Å². The first-order valence-electron chi connectivity index (χ1n) is 7.74. The summed E-state index contributed by atoms with van der Waals surface area (Å²) >= 11 is 5.52. The van der Waals surface area contributed by atoms with E-state index in [1.54, 1.807) is 0 Å². The molecular weight excluding hydrogens is 332 g/mol. The fourth-order valence-corrected chi connectivity index (χ4v) is 4.06. The zero-order chi connectivity index (χ0) is 15.0. The maximum atomic E-state index is 3.55. The van der Waals surface area contributed by atoms with Crippen molar-refractivity contribution in [1.82, 2.24) is 5.32 Å². The second kappa shape index (κ2) is 9.69. The van der Waals surface area contributed by atoms with Gasteiger partial charge in [-0.2, -0.15) is 0 Å². The number of thioether (sulfide) groups is 1. The van der Waals surface area contributed by atoms with Crippen LogP contribution in [0.3, 0.4) is 0 Å². The SMILES string of the molecule is Brc1ccc2c(c1)SCCN2C1CCNC1.CC.CC. The van der Waals surface area contributed by atoms with Gasteiger partial charge in [0.1, 0.15) is 0 Å². The van der Waals surface area contributed by atoms with Gasteiger partial charge in [0, 0.05) is 34.3 Å². The van der Waals surface area contributed by atoms with Crippen LogP contribution in [-0.4, -0.2) is 31.4 Å². The number of fused-ring (bicyclic) bond motifs is 1. The van der Waals surface area contributed by atoms with Gasteiger partial charge in [-0.25, -0.2) is 0 Å². The molecule has 0 radical (unpaired) electrons. The number of rotatable bonds is 1. The molecule has 0 aromatic heterocycles. The molecule has 2 aliphatic rings. The normalized spacial score (nSPS) is 20.2. The molecule has 2 aliphatic heterocycles. The lowest BCUT2D eigenvalue weighted by Crippen LogP contribution is -2.40. The summed E-state index contributed by atoms with van der Waals surface area (Å²) in [6.07, 6.45) is 1.28. The van der Waals surface area contributed by atoms with Crippen molar-refractivity contribution < 1.29 is 0 Å². The topological polar surface area (TPSA) is 15.3 Å². The van der Waals surface area contributed by atoms with E-state index in [4.69, 9.17) is 0 Å². The van der Waals surface area contributed by atoms with Gasteiger partial charge in [0.15, 0.2) is 0 Å². The number of halogens is 1. The number of hydrogen-bond acceptors (Lipinski definition) is 3. The lowest BCUT2D eigenvalue weighted by atomic mass is 10.2. The monoisotopic (exact) mass is 358 g/mol. The standard InChI is InChI=1S/C12H15BrN2S.2C2H6/c13-9-1-2-11-12(7-9)16-6-5-15(11)10-3-4-14-8-10;2*1-2/h1-2,7,10,14H,3-6,8H2;2*1-2H3. The maximum absolute atomic E-state index is 3.55. The van der Waals surface area contributed by atoms with Gasteiger partial charge in [0.2, 0.25) is 0 Å². The minimum atomic E-state index is 0.695. The van der Waals surface area contributed by atoms with Gasteiger partial charge in [-0.3, -0.25) is 0 Å². The largest absolute Gasteiger partial charge is 0.365 e. The molecule has 2 heterocycles. The Morgan fingerprint density at radius 1 is 1.25 bits per heavy atom. The third-order valence-corrected chi connectivity index (χ3v) is 4.81. The van der Waals surface area contributed by atoms with E-state index in [0.29, 0.717) is 6.04 Å². The number of benzene rings is 1. The fraction of sp³-hybridized carbons (Fsp3) is 0.625. The zero-order valence-corrected chi connectivity index (χ0v) is 15.5. The van der Waals surface area contributed by atoms with Crippen molar-refractivity contribution in [2.45, 2.75) is 45.1 Å². The van der Waals surface area contributed by atoms with Crippen LogP contribution in [0.4, 0.5) is 5.69 Å². The molecule has 0 saturated carbocycles. The average Bonchev–Trinajstić information content (AvgIpc) is 3.04. The molecule has 1 saturated heterocycles. The van der Waals surface area contributed by atoms with Crippen LogP contribution in [0.2, 0.25) is 0 Å². The molecule has 1 unspecified atom stereocenters. The maximum Gasteiger partial charge on any atom is 0.0508 e. The molecule has 0 spiro atoms.